The molecule has 0 aliphatic rings. The number of amides is 1. The van der Waals surface area contributed by atoms with Gasteiger partial charge in [-0.15, -0.1) is 0 Å². The van der Waals surface area contributed by atoms with Gasteiger partial charge in [0.1, 0.15) is 5.82 Å². The van der Waals surface area contributed by atoms with E-state index in [4.69, 9.17) is 11.6 Å². The number of aliphatic hydroxyl groups excluding tert-OH is 1. The Balaban J connectivity index is 2.70. The van der Waals surface area contributed by atoms with Gasteiger partial charge >= 0.3 is 0 Å². The average molecular weight is 274 g/mol. The zero-order chi connectivity index (χ0) is 13.9. The van der Waals surface area contributed by atoms with E-state index in [-0.39, 0.29) is 22.5 Å². The Morgan fingerprint density at radius 1 is 1.50 bits per heavy atom. The molecule has 3 nitrogen and oxygen atoms in total. The number of hydrogen-bond acceptors (Lipinski definition) is 2. The second kappa shape index (κ2) is 5.67. The maximum Gasteiger partial charge on any atom is 0.252 e. The molecule has 0 saturated carbocycles. The van der Waals surface area contributed by atoms with Gasteiger partial charge in [0.15, 0.2) is 0 Å². The maximum absolute atomic E-state index is 13.2. The molecule has 1 unspecified atom stereocenters. The fourth-order valence-corrected chi connectivity index (χ4v) is 1.48. The van der Waals surface area contributed by atoms with Gasteiger partial charge in [0.25, 0.3) is 5.91 Å². The quantitative estimate of drug-likeness (QED) is 0.889. The molecule has 100 valence electrons. The van der Waals surface area contributed by atoms with E-state index in [0.29, 0.717) is 0 Å². The van der Waals surface area contributed by atoms with E-state index in [1.54, 1.807) is 0 Å². The van der Waals surface area contributed by atoms with Crippen LogP contribution in [0.1, 0.15) is 31.1 Å². The molecular formula is C13H17ClFNO2. The summed E-state index contributed by atoms with van der Waals surface area (Å²) >= 11 is 5.69. The Bertz CT molecular complexity index is 443. The summed E-state index contributed by atoms with van der Waals surface area (Å²) in [7, 11) is 0. The number of carbonyl (C=O) groups excluding carboxylic acids is 1. The molecule has 0 spiro atoms. The van der Waals surface area contributed by atoms with Crippen LogP contribution in [0.5, 0.6) is 0 Å². The lowest BCUT2D eigenvalue weighted by atomic mass is 9.89. The zero-order valence-electron chi connectivity index (χ0n) is 10.6. The molecule has 1 amide bonds. The molecule has 1 atom stereocenters. The van der Waals surface area contributed by atoms with E-state index < -0.39 is 17.8 Å². The molecule has 0 bridgehead atoms. The van der Waals surface area contributed by atoms with Crippen LogP contribution < -0.4 is 5.32 Å². The highest BCUT2D eigenvalue weighted by Crippen LogP contribution is 2.20. The van der Waals surface area contributed by atoms with E-state index >= 15 is 0 Å². The van der Waals surface area contributed by atoms with Crippen LogP contribution in [0.25, 0.3) is 0 Å². The lowest BCUT2D eigenvalue weighted by molar-refractivity contribution is 0.0587. The molecule has 18 heavy (non-hydrogen) atoms. The Morgan fingerprint density at radius 3 is 2.67 bits per heavy atom. The monoisotopic (exact) mass is 273 g/mol. The van der Waals surface area contributed by atoms with Gasteiger partial charge in [-0.05, 0) is 17.5 Å². The highest BCUT2D eigenvalue weighted by atomic mass is 35.5. The van der Waals surface area contributed by atoms with Gasteiger partial charge in [-0.3, -0.25) is 4.79 Å². The van der Waals surface area contributed by atoms with Gasteiger partial charge in [0, 0.05) is 6.54 Å². The van der Waals surface area contributed by atoms with Crippen molar-refractivity contribution in [2.24, 2.45) is 5.41 Å². The number of carbonyl (C=O) groups is 1. The average Bonchev–Trinajstić information content (AvgIpc) is 2.27. The molecule has 5 heteroatoms. The lowest BCUT2D eigenvalue weighted by Gasteiger charge is -2.25. The summed E-state index contributed by atoms with van der Waals surface area (Å²) in [5.41, 5.74) is -0.267. The van der Waals surface area contributed by atoms with E-state index in [9.17, 15) is 14.3 Å². The molecule has 1 aromatic carbocycles. The fourth-order valence-electron chi connectivity index (χ4n) is 1.27. The van der Waals surface area contributed by atoms with Crippen molar-refractivity contribution in [2.45, 2.75) is 26.9 Å². The summed E-state index contributed by atoms with van der Waals surface area (Å²) in [6.07, 6.45) is -0.686. The SMILES string of the molecule is CC(C)(C)C(O)CNC(=O)c1cccc(F)c1Cl. The van der Waals surface area contributed by atoms with Crippen LogP contribution in [0.3, 0.4) is 0 Å². The van der Waals surface area contributed by atoms with Crippen LogP contribution in [0.2, 0.25) is 5.02 Å². The number of hydrogen-bond donors (Lipinski definition) is 2. The van der Waals surface area contributed by atoms with Crippen LogP contribution >= 0.6 is 11.6 Å². The van der Waals surface area contributed by atoms with Gasteiger partial charge in [-0.2, -0.15) is 0 Å². The van der Waals surface area contributed by atoms with Gasteiger partial charge in [0.05, 0.1) is 16.7 Å². The minimum atomic E-state index is -0.686. The minimum Gasteiger partial charge on any atom is -0.391 e. The molecule has 1 rings (SSSR count). The Hall–Kier alpha value is -1.13. The van der Waals surface area contributed by atoms with E-state index in [0.717, 1.165) is 0 Å². The van der Waals surface area contributed by atoms with Crippen molar-refractivity contribution in [1.82, 2.24) is 5.32 Å². The molecule has 0 aliphatic carbocycles. The largest absolute Gasteiger partial charge is 0.391 e. The summed E-state index contributed by atoms with van der Waals surface area (Å²) in [5, 5.41) is 12.1. The molecule has 0 aliphatic heterocycles. The van der Waals surface area contributed by atoms with Crippen molar-refractivity contribution in [3.8, 4) is 0 Å². The molecule has 0 aromatic heterocycles. The van der Waals surface area contributed by atoms with Crippen LogP contribution in [-0.4, -0.2) is 23.7 Å². The summed E-state index contributed by atoms with van der Waals surface area (Å²) in [6, 6.07) is 4.03. The molecule has 0 fully saturated rings. The highest BCUT2D eigenvalue weighted by Gasteiger charge is 2.23. The molecule has 0 radical (unpaired) electrons. The second-order valence-corrected chi connectivity index (χ2v) is 5.57. The third kappa shape index (κ3) is 3.68. The number of aliphatic hydroxyl groups is 1. The maximum atomic E-state index is 13.2. The van der Waals surface area contributed by atoms with E-state index in [1.807, 2.05) is 20.8 Å². The second-order valence-electron chi connectivity index (χ2n) is 5.19. The van der Waals surface area contributed by atoms with Gasteiger partial charge in [-0.1, -0.05) is 38.4 Å². The molecular weight excluding hydrogens is 257 g/mol. The highest BCUT2D eigenvalue weighted by molar-refractivity contribution is 6.34. The first kappa shape index (κ1) is 14.9. The standard InChI is InChI=1S/C13H17ClFNO2/c1-13(2,3)10(17)7-16-12(18)8-5-4-6-9(15)11(8)14/h4-6,10,17H,7H2,1-3H3,(H,16,18). The smallest absolute Gasteiger partial charge is 0.252 e. The first-order valence-electron chi connectivity index (χ1n) is 5.63. The van der Waals surface area contributed by atoms with Crippen molar-refractivity contribution >= 4 is 17.5 Å². The Labute approximate surface area is 111 Å². The third-order valence-electron chi connectivity index (χ3n) is 2.65. The van der Waals surface area contributed by atoms with Crippen molar-refractivity contribution in [3.05, 3.63) is 34.6 Å². The van der Waals surface area contributed by atoms with Crippen molar-refractivity contribution in [3.63, 3.8) is 0 Å². The topological polar surface area (TPSA) is 49.3 Å². The fraction of sp³-hybridized carbons (Fsp3) is 0.462. The number of nitrogens with one attached hydrogen (secondary N) is 1. The normalized spacial score (nSPS) is 13.2. The lowest BCUT2D eigenvalue weighted by Crippen LogP contribution is -2.39. The van der Waals surface area contributed by atoms with Crippen molar-refractivity contribution in [2.75, 3.05) is 6.54 Å². The summed E-state index contributed by atoms with van der Waals surface area (Å²) in [6.45, 7) is 5.67. The third-order valence-corrected chi connectivity index (χ3v) is 3.04. The van der Waals surface area contributed by atoms with E-state index in [1.165, 1.54) is 18.2 Å². The van der Waals surface area contributed by atoms with Crippen LogP contribution in [-0.2, 0) is 0 Å². The molecule has 2 N–H and O–H groups in total. The van der Waals surface area contributed by atoms with Crippen LogP contribution in [0.4, 0.5) is 4.39 Å². The zero-order valence-corrected chi connectivity index (χ0v) is 11.4. The first-order valence-corrected chi connectivity index (χ1v) is 6.01. The molecule has 0 saturated heterocycles. The Morgan fingerprint density at radius 2 is 2.11 bits per heavy atom. The minimum absolute atomic E-state index is 0.0674. The molecule has 1 aromatic rings. The first-order chi connectivity index (χ1) is 8.23. The predicted octanol–water partition coefficient (Wildman–Crippen LogP) is 2.62. The number of halogens is 2. The summed E-state index contributed by atoms with van der Waals surface area (Å²) < 4.78 is 13.2. The van der Waals surface area contributed by atoms with E-state index in [2.05, 4.69) is 5.32 Å². The molecule has 0 heterocycles. The van der Waals surface area contributed by atoms with Gasteiger partial charge in [0.2, 0.25) is 0 Å². The van der Waals surface area contributed by atoms with Gasteiger partial charge < -0.3 is 10.4 Å². The van der Waals surface area contributed by atoms with Crippen LogP contribution in [0.15, 0.2) is 18.2 Å². The predicted molar refractivity (Wildman–Crippen MR) is 69.2 cm³/mol. The Kier molecular flexibility index (Phi) is 4.71. The van der Waals surface area contributed by atoms with Crippen molar-refractivity contribution in [1.29, 1.82) is 0 Å². The number of benzene rings is 1. The van der Waals surface area contributed by atoms with Crippen LogP contribution in [0, 0.1) is 11.2 Å². The number of rotatable bonds is 3. The summed E-state index contributed by atoms with van der Waals surface area (Å²) in [4.78, 5) is 11.8. The van der Waals surface area contributed by atoms with Gasteiger partial charge in [-0.25, -0.2) is 4.39 Å². The summed E-state index contributed by atoms with van der Waals surface area (Å²) in [5.74, 6) is -1.14. The van der Waals surface area contributed by atoms with Crippen molar-refractivity contribution < 1.29 is 14.3 Å².